The number of hydrogen-bond donors (Lipinski definition) is 1. The van der Waals surface area contributed by atoms with Crippen LogP contribution in [-0.4, -0.2) is 18.4 Å². The second kappa shape index (κ2) is 7.21. The number of rotatable bonds is 5. The summed E-state index contributed by atoms with van der Waals surface area (Å²) < 4.78 is 27.7. The van der Waals surface area contributed by atoms with Crippen LogP contribution < -0.4 is 4.72 Å². The average Bonchev–Trinajstić information content (AvgIpc) is 2.62. The van der Waals surface area contributed by atoms with Crippen molar-refractivity contribution in [3.05, 3.63) is 72.1 Å². The molecule has 0 amide bonds. The molecule has 5 nitrogen and oxygen atoms in total. The van der Waals surface area contributed by atoms with Gasteiger partial charge >= 0.3 is 0 Å². The molecule has 1 aromatic heterocycles. The van der Waals surface area contributed by atoms with E-state index in [4.69, 9.17) is 11.6 Å². The Morgan fingerprint density at radius 1 is 0.960 bits per heavy atom. The number of nitrogens with zero attached hydrogens (tertiary/aromatic N) is 2. The summed E-state index contributed by atoms with van der Waals surface area (Å²) in [5, 5.41) is 0. The number of halogens is 1. The molecular formula is C18H16ClN3O2S. The van der Waals surface area contributed by atoms with Gasteiger partial charge in [0.25, 0.3) is 10.0 Å². The van der Waals surface area contributed by atoms with Crippen LogP contribution in [-0.2, 0) is 15.9 Å². The first-order chi connectivity index (χ1) is 12.0. The minimum Gasteiger partial charge on any atom is -0.262 e. The minimum atomic E-state index is -3.75. The second-order valence-corrected chi connectivity index (χ2v) is 7.45. The van der Waals surface area contributed by atoms with Gasteiger partial charge in [0.05, 0.1) is 4.90 Å². The van der Waals surface area contributed by atoms with Crippen molar-refractivity contribution in [1.29, 1.82) is 0 Å². The van der Waals surface area contributed by atoms with Crippen molar-refractivity contribution in [1.82, 2.24) is 9.97 Å². The smallest absolute Gasteiger partial charge is 0.262 e. The Morgan fingerprint density at radius 2 is 1.60 bits per heavy atom. The molecule has 0 radical (unpaired) electrons. The van der Waals surface area contributed by atoms with Crippen molar-refractivity contribution in [3.63, 3.8) is 0 Å². The fourth-order valence-corrected chi connectivity index (χ4v) is 3.47. The SMILES string of the molecule is Cc1ccc(S(=O)(=O)Nc2nccnc2-c2ccc(CCl)cc2)cc1. The Bertz CT molecular complexity index is 972. The molecule has 1 N–H and O–H groups in total. The van der Waals surface area contributed by atoms with Crippen molar-refractivity contribution in [2.75, 3.05) is 4.72 Å². The predicted octanol–water partition coefficient (Wildman–Crippen LogP) is 3.99. The van der Waals surface area contributed by atoms with Crippen LogP contribution >= 0.6 is 11.6 Å². The van der Waals surface area contributed by atoms with Gasteiger partial charge in [-0.3, -0.25) is 9.71 Å². The summed E-state index contributed by atoms with van der Waals surface area (Å²) in [6.45, 7) is 1.90. The molecule has 7 heteroatoms. The topological polar surface area (TPSA) is 72.0 Å². The van der Waals surface area contributed by atoms with E-state index >= 15 is 0 Å². The number of hydrogen-bond acceptors (Lipinski definition) is 4. The first kappa shape index (κ1) is 17.4. The van der Waals surface area contributed by atoms with Crippen LogP contribution in [0.2, 0.25) is 0 Å². The molecule has 128 valence electrons. The number of aromatic nitrogens is 2. The maximum Gasteiger partial charge on any atom is 0.263 e. The zero-order valence-electron chi connectivity index (χ0n) is 13.5. The van der Waals surface area contributed by atoms with Crippen molar-refractivity contribution in [3.8, 4) is 11.3 Å². The summed E-state index contributed by atoms with van der Waals surface area (Å²) in [6.07, 6.45) is 2.97. The van der Waals surface area contributed by atoms with E-state index in [9.17, 15) is 8.42 Å². The Balaban J connectivity index is 1.96. The highest BCUT2D eigenvalue weighted by Crippen LogP contribution is 2.26. The van der Waals surface area contributed by atoms with Gasteiger partial charge in [-0.25, -0.2) is 13.4 Å². The van der Waals surface area contributed by atoms with Crippen LogP contribution in [0.15, 0.2) is 65.8 Å². The molecule has 0 spiro atoms. The lowest BCUT2D eigenvalue weighted by atomic mass is 10.1. The molecule has 3 aromatic rings. The molecule has 0 unspecified atom stereocenters. The zero-order valence-corrected chi connectivity index (χ0v) is 15.1. The normalized spacial score (nSPS) is 11.3. The van der Waals surface area contributed by atoms with Gasteiger partial charge in [-0.15, -0.1) is 11.6 Å². The molecule has 1 heterocycles. The predicted molar refractivity (Wildman–Crippen MR) is 99.0 cm³/mol. The molecule has 0 aliphatic carbocycles. The summed E-state index contributed by atoms with van der Waals surface area (Å²) in [4.78, 5) is 8.59. The van der Waals surface area contributed by atoms with E-state index in [2.05, 4.69) is 14.7 Å². The van der Waals surface area contributed by atoms with Crippen molar-refractivity contribution >= 4 is 27.4 Å². The summed E-state index contributed by atoms with van der Waals surface area (Å²) in [5.74, 6) is 0.593. The van der Waals surface area contributed by atoms with Crippen LogP contribution in [0.3, 0.4) is 0 Å². The third-order valence-corrected chi connectivity index (χ3v) is 5.31. The van der Waals surface area contributed by atoms with Crippen LogP contribution in [0.4, 0.5) is 5.82 Å². The highest BCUT2D eigenvalue weighted by molar-refractivity contribution is 7.92. The number of nitrogens with one attached hydrogen (secondary N) is 1. The van der Waals surface area contributed by atoms with Gasteiger partial charge in [-0.05, 0) is 24.6 Å². The van der Waals surface area contributed by atoms with Crippen LogP contribution in [0.5, 0.6) is 0 Å². The molecule has 0 aliphatic rings. The Hall–Kier alpha value is -2.44. The van der Waals surface area contributed by atoms with Crippen LogP contribution in [0.1, 0.15) is 11.1 Å². The molecule has 0 bridgehead atoms. The molecule has 0 fully saturated rings. The largest absolute Gasteiger partial charge is 0.263 e. The van der Waals surface area contributed by atoms with Gasteiger partial charge in [-0.1, -0.05) is 42.0 Å². The van der Waals surface area contributed by atoms with E-state index in [0.717, 1.165) is 16.7 Å². The quantitative estimate of drug-likeness (QED) is 0.686. The van der Waals surface area contributed by atoms with E-state index < -0.39 is 10.0 Å². The molecule has 25 heavy (non-hydrogen) atoms. The fraction of sp³-hybridized carbons (Fsp3) is 0.111. The highest BCUT2D eigenvalue weighted by Gasteiger charge is 2.18. The lowest BCUT2D eigenvalue weighted by Crippen LogP contribution is -2.15. The second-order valence-electron chi connectivity index (χ2n) is 5.50. The summed E-state index contributed by atoms with van der Waals surface area (Å²) >= 11 is 5.80. The van der Waals surface area contributed by atoms with Gasteiger partial charge < -0.3 is 0 Å². The molecule has 0 aliphatic heterocycles. The fourth-order valence-electron chi connectivity index (χ4n) is 2.28. The monoisotopic (exact) mass is 373 g/mol. The first-order valence-electron chi connectivity index (χ1n) is 7.55. The summed E-state index contributed by atoms with van der Waals surface area (Å²) in [5.41, 5.74) is 3.16. The molecule has 2 aromatic carbocycles. The maximum atomic E-state index is 12.6. The Kier molecular flexibility index (Phi) is 5.01. The van der Waals surface area contributed by atoms with E-state index in [1.165, 1.54) is 12.4 Å². The Labute approximate surface area is 151 Å². The third-order valence-electron chi connectivity index (χ3n) is 3.64. The summed E-state index contributed by atoms with van der Waals surface area (Å²) in [6, 6.07) is 14.0. The third kappa shape index (κ3) is 3.97. The zero-order chi connectivity index (χ0) is 17.9. The molecule has 0 saturated heterocycles. The van der Waals surface area contributed by atoms with Crippen molar-refractivity contribution in [2.24, 2.45) is 0 Å². The Morgan fingerprint density at radius 3 is 2.24 bits per heavy atom. The van der Waals surface area contributed by atoms with Crippen LogP contribution in [0, 0.1) is 6.92 Å². The molecule has 3 rings (SSSR count). The van der Waals surface area contributed by atoms with Crippen LogP contribution in [0.25, 0.3) is 11.3 Å². The van der Waals surface area contributed by atoms with E-state index in [1.807, 2.05) is 31.2 Å². The number of anilines is 1. The van der Waals surface area contributed by atoms with Gasteiger partial charge in [0.2, 0.25) is 0 Å². The highest BCUT2D eigenvalue weighted by atomic mass is 35.5. The van der Waals surface area contributed by atoms with Gasteiger partial charge in [0.1, 0.15) is 5.69 Å². The number of sulfonamides is 1. The first-order valence-corrected chi connectivity index (χ1v) is 9.57. The summed E-state index contributed by atoms with van der Waals surface area (Å²) in [7, 11) is -3.75. The maximum absolute atomic E-state index is 12.6. The molecule has 0 atom stereocenters. The lowest BCUT2D eigenvalue weighted by Gasteiger charge is -2.11. The van der Waals surface area contributed by atoms with Crippen molar-refractivity contribution in [2.45, 2.75) is 17.7 Å². The number of aryl methyl sites for hydroxylation is 1. The molecular weight excluding hydrogens is 358 g/mol. The van der Waals surface area contributed by atoms with Gasteiger partial charge in [0.15, 0.2) is 5.82 Å². The van der Waals surface area contributed by atoms with E-state index in [0.29, 0.717) is 11.6 Å². The average molecular weight is 374 g/mol. The van der Waals surface area contributed by atoms with Gasteiger partial charge in [0, 0.05) is 23.8 Å². The van der Waals surface area contributed by atoms with Crippen molar-refractivity contribution < 1.29 is 8.42 Å². The van der Waals surface area contributed by atoms with E-state index in [1.54, 1.807) is 24.3 Å². The lowest BCUT2D eigenvalue weighted by molar-refractivity contribution is 0.601. The van der Waals surface area contributed by atoms with Gasteiger partial charge in [-0.2, -0.15) is 0 Å². The standard InChI is InChI=1S/C18H16ClN3O2S/c1-13-2-8-16(9-3-13)25(23,24)22-18-17(20-10-11-21-18)15-6-4-14(12-19)5-7-15/h2-11H,12H2,1H3,(H,21,22). The minimum absolute atomic E-state index is 0.173. The van der Waals surface area contributed by atoms with E-state index in [-0.39, 0.29) is 10.7 Å². The molecule has 0 saturated carbocycles. The number of alkyl halides is 1. The number of benzene rings is 2.